The molecular weight excluding hydrogens is 401 g/mol. The van der Waals surface area contributed by atoms with Gasteiger partial charge in [-0.25, -0.2) is 4.68 Å². The van der Waals surface area contributed by atoms with E-state index in [1.165, 1.54) is 0 Å². The average Bonchev–Trinajstić information content (AvgIpc) is 2.64. The number of benzene rings is 1. The number of rotatable bonds is 2. The lowest BCUT2D eigenvalue weighted by Crippen LogP contribution is -2.10. The fraction of sp³-hybridized carbons (Fsp3) is 0. The highest BCUT2D eigenvalue weighted by Gasteiger charge is 2.05. The molecule has 1 heterocycles. The van der Waals surface area contributed by atoms with Crippen molar-refractivity contribution in [3.8, 4) is 5.69 Å². The fourth-order valence-electron chi connectivity index (χ4n) is 1.29. The van der Waals surface area contributed by atoms with Crippen LogP contribution in [0, 0.1) is 3.57 Å². The van der Waals surface area contributed by atoms with E-state index < -0.39 is 0 Å². The summed E-state index contributed by atoms with van der Waals surface area (Å²) < 4.78 is 3.77. The number of hydrogen-bond acceptors (Lipinski definition) is 2. The van der Waals surface area contributed by atoms with E-state index in [2.05, 4.69) is 43.6 Å². The quantitative estimate of drug-likeness (QED) is 0.614. The van der Waals surface area contributed by atoms with E-state index in [1.807, 2.05) is 24.4 Å². The van der Waals surface area contributed by atoms with Crippen LogP contribution in [-0.2, 0) is 0 Å². The van der Waals surface area contributed by atoms with Gasteiger partial charge in [0.15, 0.2) is 0 Å². The lowest BCUT2D eigenvalue weighted by atomic mass is 10.2. The lowest BCUT2D eigenvalue weighted by Gasteiger charge is -2.05. The normalized spacial score (nSPS) is 10.4. The second-order valence-corrected chi connectivity index (χ2v) is 5.67. The highest BCUT2D eigenvalue weighted by molar-refractivity contribution is 14.1. The molecule has 82 valence electrons. The van der Waals surface area contributed by atoms with E-state index in [9.17, 15) is 0 Å². The van der Waals surface area contributed by atoms with E-state index in [0.29, 0.717) is 4.99 Å². The van der Waals surface area contributed by atoms with E-state index in [1.54, 1.807) is 10.9 Å². The van der Waals surface area contributed by atoms with Gasteiger partial charge in [-0.15, -0.1) is 0 Å². The number of aromatic nitrogens is 2. The van der Waals surface area contributed by atoms with Gasteiger partial charge in [0.1, 0.15) is 4.99 Å². The molecular formula is C10H7BrIN3S. The number of nitrogens with zero attached hydrogens (tertiary/aromatic N) is 2. The molecule has 0 saturated carbocycles. The predicted molar refractivity (Wildman–Crippen MR) is 79.9 cm³/mol. The van der Waals surface area contributed by atoms with Crippen LogP contribution in [0.15, 0.2) is 35.1 Å². The Morgan fingerprint density at radius 2 is 2.25 bits per heavy atom. The summed E-state index contributed by atoms with van der Waals surface area (Å²) in [6, 6.07) is 5.76. The van der Waals surface area contributed by atoms with Gasteiger partial charge in [0.05, 0.1) is 15.5 Å². The van der Waals surface area contributed by atoms with E-state index in [0.717, 1.165) is 19.3 Å². The van der Waals surface area contributed by atoms with Crippen LogP contribution in [-0.4, -0.2) is 14.8 Å². The van der Waals surface area contributed by atoms with Crippen molar-refractivity contribution in [2.75, 3.05) is 0 Å². The third-order valence-electron chi connectivity index (χ3n) is 2.03. The Morgan fingerprint density at radius 3 is 2.75 bits per heavy atom. The highest BCUT2D eigenvalue weighted by atomic mass is 127. The molecule has 0 bridgehead atoms. The van der Waals surface area contributed by atoms with E-state index in [-0.39, 0.29) is 0 Å². The number of hydrogen-bond donors (Lipinski definition) is 1. The first-order valence-corrected chi connectivity index (χ1v) is 6.66. The first-order valence-electron chi connectivity index (χ1n) is 4.38. The Morgan fingerprint density at radius 1 is 1.50 bits per heavy atom. The molecule has 1 aromatic heterocycles. The van der Waals surface area contributed by atoms with Crippen LogP contribution in [0.1, 0.15) is 5.56 Å². The minimum atomic E-state index is 0.383. The van der Waals surface area contributed by atoms with Crippen molar-refractivity contribution < 1.29 is 0 Å². The van der Waals surface area contributed by atoms with Crippen LogP contribution in [0.25, 0.3) is 5.69 Å². The molecule has 0 saturated heterocycles. The molecule has 1 aromatic carbocycles. The molecule has 0 aliphatic rings. The molecule has 0 unspecified atom stereocenters. The van der Waals surface area contributed by atoms with Crippen molar-refractivity contribution in [1.82, 2.24) is 9.78 Å². The van der Waals surface area contributed by atoms with Crippen LogP contribution in [0.4, 0.5) is 0 Å². The van der Waals surface area contributed by atoms with Crippen molar-refractivity contribution in [3.05, 3.63) is 44.2 Å². The standard InChI is InChI=1S/C10H7BrIN3S/c11-9-3-7(1-2-8(9)10(13)16)15-5-6(12)4-14-15/h1-5H,(H2,13,16). The first-order chi connectivity index (χ1) is 7.58. The Balaban J connectivity index is 2.45. The molecule has 16 heavy (non-hydrogen) atoms. The summed E-state index contributed by atoms with van der Waals surface area (Å²) >= 11 is 10.6. The minimum Gasteiger partial charge on any atom is -0.389 e. The smallest absolute Gasteiger partial charge is 0.105 e. The van der Waals surface area contributed by atoms with Crippen LogP contribution in [0.2, 0.25) is 0 Å². The van der Waals surface area contributed by atoms with Crippen molar-refractivity contribution in [2.45, 2.75) is 0 Å². The Hall–Kier alpha value is -0.470. The molecule has 2 rings (SSSR count). The van der Waals surface area contributed by atoms with Gasteiger partial charge < -0.3 is 5.73 Å². The maximum Gasteiger partial charge on any atom is 0.105 e. The van der Waals surface area contributed by atoms with Gasteiger partial charge in [-0.3, -0.25) is 0 Å². The van der Waals surface area contributed by atoms with Gasteiger partial charge in [-0.05, 0) is 56.7 Å². The van der Waals surface area contributed by atoms with Gasteiger partial charge in [-0.2, -0.15) is 5.10 Å². The predicted octanol–water partition coefficient (Wildman–Crippen LogP) is 2.87. The van der Waals surface area contributed by atoms with Crippen LogP contribution >= 0.6 is 50.7 Å². The maximum atomic E-state index is 5.59. The molecule has 0 amide bonds. The molecule has 6 heteroatoms. The molecule has 0 fully saturated rings. The second-order valence-electron chi connectivity index (χ2n) is 3.13. The highest BCUT2D eigenvalue weighted by Crippen LogP contribution is 2.21. The summed E-state index contributed by atoms with van der Waals surface area (Å²) in [6.45, 7) is 0. The Labute approximate surface area is 120 Å². The summed E-state index contributed by atoms with van der Waals surface area (Å²) in [5.41, 5.74) is 7.39. The lowest BCUT2D eigenvalue weighted by molar-refractivity contribution is 0.879. The largest absolute Gasteiger partial charge is 0.389 e. The number of thiocarbonyl (C=S) groups is 1. The van der Waals surface area contributed by atoms with Crippen LogP contribution in [0.5, 0.6) is 0 Å². The first kappa shape index (κ1) is 12.0. The molecule has 0 radical (unpaired) electrons. The summed E-state index contributed by atoms with van der Waals surface area (Å²) in [6.07, 6.45) is 3.75. The topological polar surface area (TPSA) is 43.8 Å². The molecule has 0 spiro atoms. The zero-order chi connectivity index (χ0) is 11.7. The molecule has 0 atom stereocenters. The van der Waals surface area contributed by atoms with Crippen LogP contribution in [0.3, 0.4) is 0 Å². The van der Waals surface area contributed by atoms with Gasteiger partial charge in [0, 0.05) is 16.2 Å². The third kappa shape index (κ3) is 2.44. The number of nitrogens with two attached hydrogens (primary N) is 1. The average molecular weight is 408 g/mol. The fourth-order valence-corrected chi connectivity index (χ4v) is 2.57. The third-order valence-corrected chi connectivity index (χ3v) is 3.47. The SMILES string of the molecule is NC(=S)c1ccc(-n2cc(I)cn2)cc1Br. The van der Waals surface area contributed by atoms with E-state index >= 15 is 0 Å². The van der Waals surface area contributed by atoms with Gasteiger partial charge in [0.25, 0.3) is 0 Å². The Bertz CT molecular complexity index is 553. The van der Waals surface area contributed by atoms with Crippen LogP contribution < -0.4 is 5.73 Å². The zero-order valence-electron chi connectivity index (χ0n) is 8.02. The van der Waals surface area contributed by atoms with Crippen molar-refractivity contribution in [3.63, 3.8) is 0 Å². The molecule has 3 nitrogen and oxygen atoms in total. The van der Waals surface area contributed by atoms with E-state index in [4.69, 9.17) is 18.0 Å². The van der Waals surface area contributed by atoms with Gasteiger partial charge in [-0.1, -0.05) is 12.2 Å². The van der Waals surface area contributed by atoms with Gasteiger partial charge in [0.2, 0.25) is 0 Å². The molecule has 0 aliphatic carbocycles. The summed E-state index contributed by atoms with van der Waals surface area (Å²) in [4.78, 5) is 0.383. The summed E-state index contributed by atoms with van der Waals surface area (Å²) in [7, 11) is 0. The minimum absolute atomic E-state index is 0.383. The summed E-state index contributed by atoms with van der Waals surface area (Å²) in [5, 5.41) is 4.23. The van der Waals surface area contributed by atoms with Crippen molar-refractivity contribution >= 4 is 55.7 Å². The van der Waals surface area contributed by atoms with Gasteiger partial charge >= 0.3 is 0 Å². The maximum absolute atomic E-state index is 5.59. The molecule has 0 aliphatic heterocycles. The van der Waals surface area contributed by atoms with Crippen molar-refractivity contribution in [2.24, 2.45) is 5.73 Å². The zero-order valence-corrected chi connectivity index (χ0v) is 12.6. The number of halogens is 2. The molecule has 2 aromatic rings. The Kier molecular flexibility index (Phi) is 3.60. The monoisotopic (exact) mass is 407 g/mol. The summed E-state index contributed by atoms with van der Waals surface area (Å²) in [5.74, 6) is 0. The molecule has 2 N–H and O–H groups in total. The second kappa shape index (κ2) is 4.80. The van der Waals surface area contributed by atoms with Crippen molar-refractivity contribution in [1.29, 1.82) is 0 Å².